The smallest absolute Gasteiger partial charge is 0.170 e. The van der Waals surface area contributed by atoms with Crippen LogP contribution in [0.25, 0.3) is 5.69 Å². The number of aromatic nitrogens is 3. The standard InChI is InChI=1S/C28H29N5S/c1-4-21-11-5-6-14-25(21)33-19(2)17-23(20(33)3)27-26(24-13-8-10-16-30-24)31-28(34)32(27)18-22-12-7-9-15-29-22/h5-17,26-27H,4,18H2,1-3H3,(H,31,34)/t26-,27+/m1/s1. The largest absolute Gasteiger partial charge is 0.352 e. The molecule has 3 aromatic heterocycles. The van der Waals surface area contributed by atoms with Crippen LogP contribution in [-0.2, 0) is 13.0 Å². The number of thiocarbonyl (C=S) groups is 1. The van der Waals surface area contributed by atoms with Crippen LogP contribution < -0.4 is 5.32 Å². The molecular weight excluding hydrogens is 438 g/mol. The third-order valence-electron chi connectivity index (χ3n) is 6.66. The van der Waals surface area contributed by atoms with E-state index in [0.29, 0.717) is 6.54 Å². The molecule has 0 saturated carbocycles. The van der Waals surface area contributed by atoms with E-state index in [1.54, 1.807) is 0 Å². The molecule has 172 valence electrons. The highest BCUT2D eigenvalue weighted by molar-refractivity contribution is 7.80. The van der Waals surface area contributed by atoms with Gasteiger partial charge in [-0.3, -0.25) is 9.97 Å². The van der Waals surface area contributed by atoms with Crippen LogP contribution in [-0.4, -0.2) is 24.5 Å². The van der Waals surface area contributed by atoms with Crippen LogP contribution in [0.5, 0.6) is 0 Å². The van der Waals surface area contributed by atoms with Gasteiger partial charge in [-0.1, -0.05) is 37.3 Å². The minimum atomic E-state index is -0.0484. The maximum absolute atomic E-state index is 5.86. The van der Waals surface area contributed by atoms with Crippen LogP contribution in [0.15, 0.2) is 79.1 Å². The lowest BCUT2D eigenvalue weighted by Crippen LogP contribution is -2.29. The van der Waals surface area contributed by atoms with Gasteiger partial charge in [0.15, 0.2) is 5.11 Å². The van der Waals surface area contributed by atoms with Crippen molar-refractivity contribution in [1.82, 2.24) is 24.8 Å². The molecular formula is C28H29N5S. The number of hydrogen-bond acceptors (Lipinski definition) is 3. The van der Waals surface area contributed by atoms with Crippen molar-refractivity contribution in [1.29, 1.82) is 0 Å². The molecule has 1 saturated heterocycles. The first-order chi connectivity index (χ1) is 16.6. The van der Waals surface area contributed by atoms with Gasteiger partial charge >= 0.3 is 0 Å². The quantitative estimate of drug-likeness (QED) is 0.373. The zero-order valence-electron chi connectivity index (χ0n) is 19.8. The van der Waals surface area contributed by atoms with Crippen LogP contribution in [0, 0.1) is 13.8 Å². The van der Waals surface area contributed by atoms with Crippen molar-refractivity contribution in [3.63, 3.8) is 0 Å². The van der Waals surface area contributed by atoms with Crippen LogP contribution in [0.1, 0.15) is 52.9 Å². The molecule has 6 heteroatoms. The van der Waals surface area contributed by atoms with E-state index in [-0.39, 0.29) is 12.1 Å². The Labute approximate surface area is 206 Å². The number of rotatable bonds is 6. The Morgan fingerprint density at radius 1 is 0.941 bits per heavy atom. The van der Waals surface area contributed by atoms with Crippen molar-refractivity contribution in [3.05, 3.63) is 113 Å². The minimum Gasteiger partial charge on any atom is -0.352 e. The summed E-state index contributed by atoms with van der Waals surface area (Å²) in [4.78, 5) is 11.5. The number of hydrogen-bond donors (Lipinski definition) is 1. The number of nitrogens with one attached hydrogen (secondary N) is 1. The molecule has 0 unspecified atom stereocenters. The van der Waals surface area contributed by atoms with Crippen molar-refractivity contribution in [2.75, 3.05) is 0 Å². The highest BCUT2D eigenvalue weighted by Gasteiger charge is 2.41. The van der Waals surface area contributed by atoms with E-state index in [0.717, 1.165) is 22.9 Å². The van der Waals surface area contributed by atoms with Gasteiger partial charge < -0.3 is 14.8 Å². The lowest BCUT2D eigenvalue weighted by Gasteiger charge is -2.28. The molecule has 1 aliphatic heterocycles. The Morgan fingerprint density at radius 2 is 1.68 bits per heavy atom. The fourth-order valence-corrected chi connectivity index (χ4v) is 5.37. The SMILES string of the molecule is CCc1ccccc1-n1c(C)cc([C@H]2[C@@H](c3ccccn3)NC(=S)N2Cc2ccccn2)c1C. The molecule has 0 amide bonds. The van der Waals surface area contributed by atoms with E-state index in [4.69, 9.17) is 12.2 Å². The molecule has 0 bridgehead atoms. The molecule has 0 radical (unpaired) electrons. The van der Waals surface area contributed by atoms with Gasteiger partial charge in [0.2, 0.25) is 0 Å². The molecule has 4 aromatic rings. The highest BCUT2D eigenvalue weighted by atomic mass is 32.1. The monoisotopic (exact) mass is 467 g/mol. The van der Waals surface area contributed by atoms with Gasteiger partial charge in [-0.05, 0) is 80.0 Å². The molecule has 1 N–H and O–H groups in total. The molecule has 2 atom stereocenters. The highest BCUT2D eigenvalue weighted by Crippen LogP contribution is 2.42. The van der Waals surface area contributed by atoms with Gasteiger partial charge in [0.25, 0.3) is 0 Å². The summed E-state index contributed by atoms with van der Waals surface area (Å²) in [6.07, 6.45) is 4.67. The molecule has 4 heterocycles. The van der Waals surface area contributed by atoms with Gasteiger partial charge in [-0.25, -0.2) is 0 Å². The minimum absolute atomic E-state index is 0.00172. The predicted molar refractivity (Wildman–Crippen MR) is 140 cm³/mol. The third kappa shape index (κ3) is 3.99. The van der Waals surface area contributed by atoms with E-state index in [1.807, 2.05) is 36.7 Å². The van der Waals surface area contributed by atoms with Gasteiger partial charge in [-0.2, -0.15) is 0 Å². The van der Waals surface area contributed by atoms with Crippen LogP contribution in [0.2, 0.25) is 0 Å². The lowest BCUT2D eigenvalue weighted by atomic mass is 9.96. The first-order valence-corrected chi connectivity index (χ1v) is 12.1. The van der Waals surface area contributed by atoms with Crippen molar-refractivity contribution >= 4 is 17.3 Å². The fourth-order valence-electron chi connectivity index (χ4n) is 5.07. The van der Waals surface area contributed by atoms with E-state index in [9.17, 15) is 0 Å². The summed E-state index contributed by atoms with van der Waals surface area (Å²) in [5.74, 6) is 0. The lowest BCUT2D eigenvalue weighted by molar-refractivity contribution is 0.307. The molecule has 5 nitrogen and oxygen atoms in total. The summed E-state index contributed by atoms with van der Waals surface area (Å²) >= 11 is 5.86. The van der Waals surface area contributed by atoms with Crippen molar-refractivity contribution in [2.24, 2.45) is 0 Å². The summed E-state index contributed by atoms with van der Waals surface area (Å²) in [6, 6.07) is 23.0. The van der Waals surface area contributed by atoms with Gasteiger partial charge in [0.05, 0.1) is 30.0 Å². The Bertz CT molecular complexity index is 1300. The van der Waals surface area contributed by atoms with Gasteiger partial charge in [0, 0.05) is 29.5 Å². The number of pyridine rings is 2. The zero-order valence-corrected chi connectivity index (χ0v) is 20.6. The van der Waals surface area contributed by atoms with Crippen molar-refractivity contribution in [2.45, 2.75) is 45.8 Å². The first kappa shape index (κ1) is 22.3. The molecule has 34 heavy (non-hydrogen) atoms. The molecule has 1 aliphatic rings. The average Bonchev–Trinajstić information content (AvgIpc) is 3.35. The Hall–Kier alpha value is -3.51. The van der Waals surface area contributed by atoms with Crippen LogP contribution in [0.4, 0.5) is 0 Å². The second-order valence-corrected chi connectivity index (χ2v) is 9.11. The van der Waals surface area contributed by atoms with E-state index >= 15 is 0 Å². The predicted octanol–water partition coefficient (Wildman–Crippen LogP) is 5.62. The maximum Gasteiger partial charge on any atom is 0.170 e. The molecule has 1 aromatic carbocycles. The van der Waals surface area contributed by atoms with E-state index < -0.39 is 0 Å². The van der Waals surface area contributed by atoms with Crippen LogP contribution in [0.3, 0.4) is 0 Å². The molecule has 0 spiro atoms. The van der Waals surface area contributed by atoms with Gasteiger partial charge in [0.1, 0.15) is 0 Å². The maximum atomic E-state index is 5.86. The Morgan fingerprint density at radius 3 is 2.38 bits per heavy atom. The topological polar surface area (TPSA) is 46.0 Å². The second-order valence-electron chi connectivity index (χ2n) is 8.72. The zero-order chi connectivity index (χ0) is 23.7. The third-order valence-corrected chi connectivity index (χ3v) is 7.01. The average molecular weight is 468 g/mol. The summed E-state index contributed by atoms with van der Waals surface area (Å²) in [5, 5.41) is 4.29. The number of benzene rings is 1. The van der Waals surface area contributed by atoms with Crippen molar-refractivity contribution < 1.29 is 0 Å². The molecule has 1 fully saturated rings. The van der Waals surface area contributed by atoms with Crippen molar-refractivity contribution in [3.8, 4) is 5.69 Å². The number of aryl methyl sites for hydroxylation is 2. The summed E-state index contributed by atoms with van der Waals surface area (Å²) in [6.45, 7) is 7.24. The normalized spacial score (nSPS) is 17.7. The molecule has 0 aliphatic carbocycles. The van der Waals surface area contributed by atoms with Gasteiger partial charge in [-0.15, -0.1) is 0 Å². The van der Waals surface area contributed by atoms with E-state index in [1.165, 1.54) is 28.2 Å². The Kier molecular flexibility index (Phi) is 6.16. The fraction of sp³-hybridized carbons (Fsp3) is 0.250. The Balaban J connectivity index is 1.64. The summed E-state index contributed by atoms with van der Waals surface area (Å²) in [5.41, 5.74) is 8.24. The molecule has 5 rings (SSSR count). The van der Waals surface area contributed by atoms with Crippen LogP contribution >= 0.6 is 12.2 Å². The number of nitrogens with zero attached hydrogens (tertiary/aromatic N) is 4. The number of para-hydroxylation sites is 1. The first-order valence-electron chi connectivity index (χ1n) is 11.7. The summed E-state index contributed by atoms with van der Waals surface area (Å²) < 4.78 is 2.38. The van der Waals surface area contributed by atoms with E-state index in [2.05, 4.69) is 88.0 Å². The summed E-state index contributed by atoms with van der Waals surface area (Å²) in [7, 11) is 0. The second kappa shape index (κ2) is 9.39.